The number of aromatic nitrogens is 1. The first-order valence-electron chi connectivity index (χ1n) is 10.8. The molecule has 0 bridgehead atoms. The average molecular weight is 547 g/mol. The van der Waals surface area contributed by atoms with Crippen molar-refractivity contribution >= 4 is 69.6 Å². The van der Waals surface area contributed by atoms with Crippen LogP contribution in [0.4, 0.5) is 11.4 Å². The van der Waals surface area contributed by atoms with E-state index >= 15 is 0 Å². The number of carbonyl (C=O) groups is 2. The van der Waals surface area contributed by atoms with Crippen LogP contribution in [0.2, 0.25) is 5.02 Å². The summed E-state index contributed by atoms with van der Waals surface area (Å²) in [6.07, 6.45) is 5.10. The van der Waals surface area contributed by atoms with Crippen LogP contribution in [0.15, 0.2) is 83.6 Å². The summed E-state index contributed by atoms with van der Waals surface area (Å²) < 4.78 is 0.872. The van der Waals surface area contributed by atoms with Crippen molar-refractivity contribution in [1.29, 1.82) is 0 Å². The molecule has 0 unspecified atom stereocenters. The molecule has 0 saturated heterocycles. The van der Waals surface area contributed by atoms with Crippen molar-refractivity contribution in [3.05, 3.63) is 105 Å². The molecule has 2 aromatic carbocycles. The number of amides is 2. The SMILES string of the molecule is O=C(Nc1ccc(C(=O)N2Cc3cccn3Cc3ccccc32)cc1Cl)C1=CC(Cl)=CC(Cl)(Cl)C1. The Hall–Kier alpha value is -2.70. The Morgan fingerprint density at radius 1 is 0.971 bits per heavy atom. The molecule has 0 atom stereocenters. The van der Waals surface area contributed by atoms with Crippen molar-refractivity contribution in [2.24, 2.45) is 0 Å². The van der Waals surface area contributed by atoms with Gasteiger partial charge in [0.25, 0.3) is 11.8 Å². The van der Waals surface area contributed by atoms with Gasteiger partial charge in [0, 0.05) is 46.7 Å². The smallest absolute Gasteiger partial charge is 0.258 e. The fourth-order valence-electron chi connectivity index (χ4n) is 4.29. The largest absolute Gasteiger partial charge is 0.345 e. The van der Waals surface area contributed by atoms with E-state index < -0.39 is 10.2 Å². The molecule has 0 fully saturated rings. The highest BCUT2D eigenvalue weighted by molar-refractivity contribution is 6.51. The third kappa shape index (κ3) is 5.00. The number of rotatable bonds is 3. The first-order chi connectivity index (χ1) is 16.7. The summed E-state index contributed by atoms with van der Waals surface area (Å²) in [5.41, 5.74) is 4.03. The van der Waals surface area contributed by atoms with Gasteiger partial charge >= 0.3 is 0 Å². The highest BCUT2D eigenvalue weighted by atomic mass is 35.5. The van der Waals surface area contributed by atoms with E-state index in [1.165, 1.54) is 12.2 Å². The van der Waals surface area contributed by atoms with Gasteiger partial charge < -0.3 is 14.8 Å². The van der Waals surface area contributed by atoms with Gasteiger partial charge in [0.2, 0.25) is 0 Å². The van der Waals surface area contributed by atoms with Crippen molar-refractivity contribution in [3.8, 4) is 0 Å². The standard InChI is InChI=1S/C26H19Cl4N3O2/c27-19-10-18(12-26(29,30)13-19)24(34)31-22-8-7-16(11-21(22)28)25(35)33-15-20-5-3-9-32(20)14-17-4-1-2-6-23(17)33/h1-11,13H,12,14-15H2,(H,31,34). The van der Waals surface area contributed by atoms with Crippen LogP contribution in [0.25, 0.3) is 0 Å². The Bertz CT molecular complexity index is 1410. The lowest BCUT2D eigenvalue weighted by Crippen LogP contribution is -2.30. The second-order valence-electron chi connectivity index (χ2n) is 8.43. The molecule has 0 radical (unpaired) electrons. The lowest BCUT2D eigenvalue weighted by Gasteiger charge is -2.23. The molecule has 35 heavy (non-hydrogen) atoms. The third-order valence-electron chi connectivity index (χ3n) is 5.96. The summed E-state index contributed by atoms with van der Waals surface area (Å²) in [5.74, 6) is -0.613. The van der Waals surface area contributed by atoms with Gasteiger partial charge in [0.15, 0.2) is 0 Å². The third-order valence-corrected chi connectivity index (χ3v) is 6.97. The second-order valence-corrected chi connectivity index (χ2v) is 10.8. The Morgan fingerprint density at radius 3 is 2.54 bits per heavy atom. The molecule has 3 aromatic rings. The fourth-order valence-corrected chi connectivity index (χ4v) is 5.47. The number of halogens is 4. The molecule has 5 rings (SSSR count). The minimum absolute atomic E-state index is 0.0997. The number of hydrogen-bond donors (Lipinski definition) is 1. The topological polar surface area (TPSA) is 54.3 Å². The van der Waals surface area contributed by atoms with Gasteiger partial charge in [-0.3, -0.25) is 9.59 Å². The van der Waals surface area contributed by atoms with Crippen LogP contribution in [-0.4, -0.2) is 20.7 Å². The summed E-state index contributed by atoms with van der Waals surface area (Å²) in [4.78, 5) is 28.1. The van der Waals surface area contributed by atoms with Crippen molar-refractivity contribution < 1.29 is 9.59 Å². The zero-order valence-corrected chi connectivity index (χ0v) is 21.3. The molecule has 2 heterocycles. The number of benzene rings is 2. The number of fused-ring (bicyclic) bond motifs is 2. The molecule has 2 aliphatic rings. The molecular weight excluding hydrogens is 528 g/mol. The second kappa shape index (κ2) is 9.40. The van der Waals surface area contributed by atoms with E-state index in [-0.39, 0.29) is 22.4 Å². The number of para-hydroxylation sites is 1. The van der Waals surface area contributed by atoms with Crippen LogP contribution in [0.5, 0.6) is 0 Å². The first kappa shape index (κ1) is 24.0. The van der Waals surface area contributed by atoms with Crippen LogP contribution in [0.3, 0.4) is 0 Å². The number of nitrogens with zero attached hydrogens (tertiary/aromatic N) is 2. The lowest BCUT2D eigenvalue weighted by atomic mass is 10.0. The molecule has 1 aliphatic heterocycles. The first-order valence-corrected chi connectivity index (χ1v) is 12.3. The number of allylic oxidation sites excluding steroid dienone is 3. The predicted molar refractivity (Wildman–Crippen MR) is 142 cm³/mol. The van der Waals surface area contributed by atoms with Crippen LogP contribution >= 0.6 is 46.4 Å². The van der Waals surface area contributed by atoms with Gasteiger partial charge in [0.1, 0.15) is 4.33 Å². The summed E-state index contributed by atoms with van der Waals surface area (Å²) in [5, 5.41) is 3.26. The summed E-state index contributed by atoms with van der Waals surface area (Å²) in [7, 11) is 0. The molecule has 1 aliphatic carbocycles. The molecule has 1 aromatic heterocycles. The molecule has 5 nitrogen and oxygen atoms in total. The molecule has 9 heteroatoms. The van der Waals surface area contributed by atoms with E-state index in [2.05, 4.69) is 9.88 Å². The minimum Gasteiger partial charge on any atom is -0.345 e. The molecule has 1 N–H and O–H groups in total. The zero-order valence-electron chi connectivity index (χ0n) is 18.3. The highest BCUT2D eigenvalue weighted by Gasteiger charge is 2.30. The van der Waals surface area contributed by atoms with Crippen molar-refractivity contribution in [3.63, 3.8) is 0 Å². The van der Waals surface area contributed by atoms with E-state index in [9.17, 15) is 9.59 Å². The Labute approximate surface area is 222 Å². The van der Waals surface area contributed by atoms with E-state index in [1.54, 1.807) is 23.1 Å². The Morgan fingerprint density at radius 2 is 1.77 bits per heavy atom. The van der Waals surface area contributed by atoms with Crippen LogP contribution < -0.4 is 10.2 Å². The van der Waals surface area contributed by atoms with E-state index in [1.807, 2.05) is 42.6 Å². The minimum atomic E-state index is -1.26. The molecule has 178 valence electrons. The maximum absolute atomic E-state index is 13.6. The molecular formula is C26H19Cl4N3O2. The van der Waals surface area contributed by atoms with Gasteiger partial charge in [-0.25, -0.2) is 0 Å². The van der Waals surface area contributed by atoms with E-state index in [4.69, 9.17) is 46.4 Å². The van der Waals surface area contributed by atoms with Crippen molar-refractivity contribution in [2.75, 3.05) is 10.2 Å². The molecule has 0 spiro atoms. The van der Waals surface area contributed by atoms with Gasteiger partial charge in [-0.15, -0.1) is 0 Å². The zero-order chi connectivity index (χ0) is 24.7. The van der Waals surface area contributed by atoms with Crippen LogP contribution in [0, 0.1) is 0 Å². The monoisotopic (exact) mass is 545 g/mol. The number of carbonyl (C=O) groups excluding carboxylic acids is 2. The van der Waals surface area contributed by atoms with Crippen molar-refractivity contribution in [1.82, 2.24) is 4.57 Å². The van der Waals surface area contributed by atoms with Crippen LogP contribution in [-0.2, 0) is 17.9 Å². The quantitative estimate of drug-likeness (QED) is 0.363. The average Bonchev–Trinajstić information content (AvgIpc) is 3.17. The normalized spacial score (nSPS) is 16.4. The van der Waals surface area contributed by atoms with Gasteiger partial charge in [-0.05, 0) is 54.1 Å². The molecule has 0 saturated carbocycles. The highest BCUT2D eigenvalue weighted by Crippen LogP contribution is 2.38. The fraction of sp³-hybridized carbons (Fsp3) is 0.154. The lowest BCUT2D eigenvalue weighted by molar-refractivity contribution is -0.113. The van der Waals surface area contributed by atoms with Gasteiger partial charge in [0.05, 0.1) is 17.3 Å². The molecule has 2 amide bonds. The number of hydrogen-bond acceptors (Lipinski definition) is 2. The van der Waals surface area contributed by atoms with E-state index in [0.29, 0.717) is 29.9 Å². The Balaban J connectivity index is 1.39. The number of alkyl halides is 2. The summed E-state index contributed by atoms with van der Waals surface area (Å²) in [6, 6.07) is 16.6. The number of nitrogens with one attached hydrogen (secondary N) is 1. The Kier molecular flexibility index (Phi) is 6.45. The van der Waals surface area contributed by atoms with Gasteiger partial charge in [-0.1, -0.05) is 64.6 Å². The predicted octanol–water partition coefficient (Wildman–Crippen LogP) is 6.92. The van der Waals surface area contributed by atoms with E-state index in [0.717, 1.165) is 16.9 Å². The maximum atomic E-state index is 13.6. The van der Waals surface area contributed by atoms with Crippen LogP contribution in [0.1, 0.15) is 28.0 Å². The maximum Gasteiger partial charge on any atom is 0.258 e. The number of anilines is 2. The van der Waals surface area contributed by atoms with Crippen molar-refractivity contribution in [2.45, 2.75) is 23.8 Å². The van der Waals surface area contributed by atoms with Gasteiger partial charge in [-0.2, -0.15) is 0 Å². The summed E-state index contributed by atoms with van der Waals surface area (Å²) >= 11 is 24.8. The summed E-state index contributed by atoms with van der Waals surface area (Å²) in [6.45, 7) is 1.12.